The summed E-state index contributed by atoms with van der Waals surface area (Å²) in [6.07, 6.45) is 5.42. The lowest BCUT2D eigenvalue weighted by atomic mass is 9.99. The molecule has 0 spiro atoms. The molecule has 1 aromatic rings. The Morgan fingerprint density at radius 3 is 2.59 bits per heavy atom. The highest BCUT2D eigenvalue weighted by molar-refractivity contribution is 5.84. The lowest BCUT2D eigenvalue weighted by Gasteiger charge is -2.23. The van der Waals surface area contributed by atoms with Crippen LogP contribution in [-0.4, -0.2) is 30.0 Å². The molecule has 1 aliphatic heterocycles. The van der Waals surface area contributed by atoms with E-state index in [1.807, 2.05) is 42.5 Å². The molecular formula is C23H31NO5. The molecule has 1 amide bonds. The van der Waals surface area contributed by atoms with E-state index in [0.29, 0.717) is 25.7 Å². The third-order valence-electron chi connectivity index (χ3n) is 4.45. The normalized spacial score (nSPS) is 22.9. The van der Waals surface area contributed by atoms with Crippen molar-refractivity contribution in [3.05, 3.63) is 48.0 Å². The minimum Gasteiger partial charge on any atom is -0.460 e. The van der Waals surface area contributed by atoms with Gasteiger partial charge in [-0.3, -0.25) is 14.4 Å². The molecule has 0 saturated carbocycles. The van der Waals surface area contributed by atoms with Gasteiger partial charge in [-0.15, -0.1) is 0 Å². The topological polar surface area (TPSA) is 81.7 Å². The van der Waals surface area contributed by atoms with Crippen molar-refractivity contribution in [2.75, 3.05) is 6.54 Å². The van der Waals surface area contributed by atoms with Crippen molar-refractivity contribution >= 4 is 17.8 Å². The Balaban J connectivity index is 2.12. The van der Waals surface area contributed by atoms with Crippen molar-refractivity contribution in [1.29, 1.82) is 0 Å². The third kappa shape index (κ3) is 8.50. The molecule has 0 saturated heterocycles. The van der Waals surface area contributed by atoms with E-state index in [4.69, 9.17) is 9.47 Å². The maximum absolute atomic E-state index is 12.8. The Kier molecular flexibility index (Phi) is 8.43. The van der Waals surface area contributed by atoms with E-state index in [1.165, 1.54) is 0 Å². The first kappa shape index (κ1) is 22.7. The molecule has 29 heavy (non-hydrogen) atoms. The Hall–Kier alpha value is -2.63. The first-order valence-corrected chi connectivity index (χ1v) is 10.1. The molecule has 6 heteroatoms. The monoisotopic (exact) mass is 401 g/mol. The van der Waals surface area contributed by atoms with Crippen molar-refractivity contribution in [3.8, 4) is 0 Å². The van der Waals surface area contributed by atoms with Gasteiger partial charge in [0.15, 0.2) is 0 Å². The van der Waals surface area contributed by atoms with Gasteiger partial charge in [-0.2, -0.15) is 0 Å². The summed E-state index contributed by atoms with van der Waals surface area (Å²) in [6, 6.07) is 9.33. The number of carbonyl (C=O) groups is 3. The number of rotatable bonds is 3. The first-order chi connectivity index (χ1) is 13.7. The van der Waals surface area contributed by atoms with Gasteiger partial charge in [0.1, 0.15) is 11.7 Å². The second-order valence-corrected chi connectivity index (χ2v) is 8.22. The molecule has 6 nitrogen and oxygen atoms in total. The van der Waals surface area contributed by atoms with Crippen LogP contribution in [0.15, 0.2) is 42.5 Å². The van der Waals surface area contributed by atoms with Crippen molar-refractivity contribution in [2.45, 2.75) is 64.6 Å². The molecule has 2 atom stereocenters. The number of ether oxygens (including phenoxy) is 2. The van der Waals surface area contributed by atoms with Crippen molar-refractivity contribution in [3.63, 3.8) is 0 Å². The molecule has 1 aliphatic rings. The van der Waals surface area contributed by atoms with Crippen LogP contribution in [-0.2, 0) is 23.9 Å². The number of cyclic esters (lactones) is 1. The van der Waals surface area contributed by atoms with Crippen LogP contribution in [0.3, 0.4) is 0 Å². The van der Waals surface area contributed by atoms with Gasteiger partial charge in [0.05, 0.1) is 18.9 Å². The summed E-state index contributed by atoms with van der Waals surface area (Å²) >= 11 is 0. The number of esters is 2. The molecule has 158 valence electrons. The summed E-state index contributed by atoms with van der Waals surface area (Å²) in [5.74, 6) is -1.47. The Morgan fingerprint density at radius 1 is 1.17 bits per heavy atom. The lowest BCUT2D eigenvalue weighted by Crippen LogP contribution is -2.36. The van der Waals surface area contributed by atoms with Gasteiger partial charge in [-0.1, -0.05) is 42.5 Å². The fourth-order valence-corrected chi connectivity index (χ4v) is 3.06. The molecule has 0 radical (unpaired) electrons. The second-order valence-electron chi connectivity index (χ2n) is 8.22. The van der Waals surface area contributed by atoms with Crippen LogP contribution < -0.4 is 5.32 Å². The van der Waals surface area contributed by atoms with Crippen LogP contribution in [0.1, 0.15) is 64.5 Å². The predicted molar refractivity (Wildman–Crippen MR) is 110 cm³/mol. The van der Waals surface area contributed by atoms with Crippen molar-refractivity contribution in [2.24, 2.45) is 5.92 Å². The number of benzene rings is 1. The first-order valence-electron chi connectivity index (χ1n) is 10.1. The highest BCUT2D eigenvalue weighted by atomic mass is 16.6. The Labute approximate surface area is 172 Å². The molecular weight excluding hydrogens is 370 g/mol. The molecule has 1 N–H and O–H groups in total. The molecule has 0 bridgehead atoms. The van der Waals surface area contributed by atoms with Gasteiger partial charge in [0.2, 0.25) is 5.91 Å². The third-order valence-corrected chi connectivity index (χ3v) is 4.45. The van der Waals surface area contributed by atoms with Gasteiger partial charge >= 0.3 is 11.9 Å². The zero-order chi connectivity index (χ0) is 21.3. The van der Waals surface area contributed by atoms with Crippen LogP contribution in [0.4, 0.5) is 0 Å². The smallest absolute Gasteiger partial charge is 0.307 e. The maximum atomic E-state index is 12.8. The minimum absolute atomic E-state index is 0.00321. The Bertz CT molecular complexity index is 721. The van der Waals surface area contributed by atoms with E-state index in [-0.39, 0.29) is 24.8 Å². The average molecular weight is 402 g/mol. The van der Waals surface area contributed by atoms with E-state index in [1.54, 1.807) is 20.8 Å². The van der Waals surface area contributed by atoms with Gasteiger partial charge in [-0.05, 0) is 45.6 Å². The molecule has 0 aliphatic carbocycles. The summed E-state index contributed by atoms with van der Waals surface area (Å²) in [6.45, 7) is 5.56. The highest BCUT2D eigenvalue weighted by Gasteiger charge is 2.26. The van der Waals surface area contributed by atoms with Gasteiger partial charge in [0.25, 0.3) is 0 Å². The van der Waals surface area contributed by atoms with E-state index >= 15 is 0 Å². The zero-order valence-corrected chi connectivity index (χ0v) is 17.5. The number of carbonyl (C=O) groups excluding carboxylic acids is 3. The standard InChI is InChI=1S/C23H31NO5/c1-23(2,3)29-21(26)15-18-13-7-4-5-10-14-20(25)28-19(16-24-22(18)27)17-11-8-6-9-12-17/h4,6-9,11-12,18-19H,5,10,13-16H2,1-3H3,(H,24,27)/b7-4+/t18-,19-/m0/s1. The van der Waals surface area contributed by atoms with Crippen molar-refractivity contribution < 1.29 is 23.9 Å². The van der Waals surface area contributed by atoms with Crippen LogP contribution >= 0.6 is 0 Å². The van der Waals surface area contributed by atoms with E-state index < -0.39 is 23.6 Å². The zero-order valence-electron chi connectivity index (χ0n) is 17.5. The molecule has 0 fully saturated rings. The summed E-state index contributed by atoms with van der Waals surface area (Å²) in [5, 5.41) is 2.85. The molecule has 0 unspecified atom stereocenters. The molecule has 2 rings (SSSR count). The maximum Gasteiger partial charge on any atom is 0.307 e. The molecule has 0 aromatic heterocycles. The second kappa shape index (κ2) is 10.8. The van der Waals surface area contributed by atoms with E-state index in [9.17, 15) is 14.4 Å². The average Bonchev–Trinajstić information content (AvgIpc) is 2.66. The highest BCUT2D eigenvalue weighted by Crippen LogP contribution is 2.20. The van der Waals surface area contributed by atoms with Crippen LogP contribution in [0.25, 0.3) is 0 Å². The predicted octanol–water partition coefficient (Wildman–Crippen LogP) is 3.87. The quantitative estimate of drug-likeness (QED) is 0.614. The summed E-state index contributed by atoms with van der Waals surface area (Å²) in [4.78, 5) is 37.2. The summed E-state index contributed by atoms with van der Waals surface area (Å²) in [5.41, 5.74) is 0.220. The van der Waals surface area contributed by atoms with Crippen molar-refractivity contribution in [1.82, 2.24) is 5.32 Å². The summed E-state index contributed by atoms with van der Waals surface area (Å²) < 4.78 is 11.0. The largest absolute Gasteiger partial charge is 0.460 e. The number of nitrogens with one attached hydrogen (secondary N) is 1. The van der Waals surface area contributed by atoms with E-state index in [2.05, 4.69) is 5.32 Å². The van der Waals surface area contributed by atoms with E-state index in [0.717, 1.165) is 5.56 Å². The SMILES string of the molecule is CC(C)(C)OC(=O)C[C@@H]1C/C=C/CCCC(=O)O[C@H](c2ccccc2)CNC1=O. The number of allylic oxidation sites excluding steroid dienone is 2. The van der Waals surface area contributed by atoms with Gasteiger partial charge < -0.3 is 14.8 Å². The molecule has 1 heterocycles. The van der Waals surface area contributed by atoms with Gasteiger partial charge in [-0.25, -0.2) is 0 Å². The minimum atomic E-state index is -0.598. The van der Waals surface area contributed by atoms with Crippen LogP contribution in [0.5, 0.6) is 0 Å². The number of hydrogen-bond acceptors (Lipinski definition) is 5. The molecule has 1 aromatic carbocycles. The number of amides is 1. The fourth-order valence-electron chi connectivity index (χ4n) is 3.06. The lowest BCUT2D eigenvalue weighted by molar-refractivity contribution is -0.157. The summed E-state index contributed by atoms with van der Waals surface area (Å²) in [7, 11) is 0. The van der Waals surface area contributed by atoms with Crippen LogP contribution in [0, 0.1) is 5.92 Å². The van der Waals surface area contributed by atoms with Gasteiger partial charge in [0, 0.05) is 6.42 Å². The fraction of sp³-hybridized carbons (Fsp3) is 0.522. The Morgan fingerprint density at radius 2 is 1.90 bits per heavy atom. The van der Waals surface area contributed by atoms with Crippen LogP contribution in [0.2, 0.25) is 0 Å². The number of hydrogen-bond donors (Lipinski definition) is 1.